The number of halogens is 2. The van der Waals surface area contributed by atoms with E-state index in [0.717, 1.165) is 16.7 Å². The van der Waals surface area contributed by atoms with Crippen LogP contribution in [0, 0.1) is 11.5 Å². The SMILES string of the molecule is COc1ccc([C@H](C)Cn2ccnc2NC#N)cc1OC1(Cl)Cc2ccccc2C1Cl. The van der Waals surface area contributed by atoms with E-state index in [4.69, 9.17) is 37.9 Å². The number of rotatable bonds is 7. The summed E-state index contributed by atoms with van der Waals surface area (Å²) in [5, 5.41) is 9.89. The van der Waals surface area contributed by atoms with Crippen molar-refractivity contribution in [2.75, 3.05) is 12.4 Å². The smallest absolute Gasteiger partial charge is 0.216 e. The summed E-state index contributed by atoms with van der Waals surface area (Å²) in [5.74, 6) is 1.75. The third kappa shape index (κ3) is 4.16. The van der Waals surface area contributed by atoms with Crippen LogP contribution in [-0.4, -0.2) is 21.7 Å². The molecular formula is C23H22Cl2N4O2. The zero-order valence-corrected chi connectivity index (χ0v) is 18.7. The van der Waals surface area contributed by atoms with Gasteiger partial charge in [0.15, 0.2) is 17.7 Å². The fraction of sp³-hybridized carbons (Fsp3) is 0.304. The van der Waals surface area contributed by atoms with Crippen molar-refractivity contribution in [1.82, 2.24) is 9.55 Å². The Morgan fingerprint density at radius 3 is 2.87 bits per heavy atom. The fourth-order valence-corrected chi connectivity index (χ4v) is 4.58. The van der Waals surface area contributed by atoms with E-state index in [1.165, 1.54) is 0 Å². The molecule has 31 heavy (non-hydrogen) atoms. The number of alkyl halides is 2. The first-order chi connectivity index (χ1) is 14.9. The zero-order chi connectivity index (χ0) is 22.0. The van der Waals surface area contributed by atoms with Crippen molar-refractivity contribution in [3.8, 4) is 17.7 Å². The van der Waals surface area contributed by atoms with Crippen molar-refractivity contribution >= 4 is 29.2 Å². The molecule has 1 aliphatic rings. The van der Waals surface area contributed by atoms with Gasteiger partial charge in [0.05, 0.1) is 7.11 Å². The van der Waals surface area contributed by atoms with Crippen LogP contribution in [0.15, 0.2) is 54.9 Å². The number of imidazole rings is 1. The average molecular weight is 457 g/mol. The topological polar surface area (TPSA) is 72.1 Å². The fourth-order valence-electron chi connectivity index (χ4n) is 3.91. The Morgan fingerprint density at radius 1 is 1.32 bits per heavy atom. The third-order valence-electron chi connectivity index (χ3n) is 5.53. The minimum atomic E-state index is -1.10. The zero-order valence-electron chi connectivity index (χ0n) is 17.2. The van der Waals surface area contributed by atoms with Gasteiger partial charge in [-0.15, -0.1) is 11.6 Å². The minimum absolute atomic E-state index is 0.112. The lowest BCUT2D eigenvalue weighted by Crippen LogP contribution is -2.32. The second kappa shape index (κ2) is 8.70. The van der Waals surface area contributed by atoms with E-state index in [-0.39, 0.29) is 5.92 Å². The van der Waals surface area contributed by atoms with Crippen LogP contribution in [0.5, 0.6) is 11.5 Å². The van der Waals surface area contributed by atoms with Crippen molar-refractivity contribution in [3.05, 3.63) is 71.5 Å². The van der Waals surface area contributed by atoms with E-state index in [1.54, 1.807) is 13.3 Å². The van der Waals surface area contributed by atoms with Crippen LogP contribution in [0.3, 0.4) is 0 Å². The van der Waals surface area contributed by atoms with Crippen LogP contribution in [0.25, 0.3) is 0 Å². The molecule has 0 aliphatic heterocycles. The summed E-state index contributed by atoms with van der Waals surface area (Å²) in [6, 6.07) is 13.7. The summed E-state index contributed by atoms with van der Waals surface area (Å²) in [6.07, 6.45) is 5.90. The second-order valence-electron chi connectivity index (χ2n) is 7.58. The highest BCUT2D eigenvalue weighted by Crippen LogP contribution is 2.50. The quantitative estimate of drug-likeness (QED) is 0.291. The van der Waals surface area contributed by atoms with Crippen LogP contribution >= 0.6 is 23.2 Å². The summed E-state index contributed by atoms with van der Waals surface area (Å²) >= 11 is 13.6. The molecule has 0 amide bonds. The molecule has 0 spiro atoms. The maximum Gasteiger partial charge on any atom is 0.216 e. The van der Waals surface area contributed by atoms with E-state index >= 15 is 0 Å². The molecule has 8 heteroatoms. The average Bonchev–Trinajstić information content (AvgIpc) is 3.30. The Labute approximate surface area is 191 Å². The van der Waals surface area contributed by atoms with Gasteiger partial charge < -0.3 is 14.0 Å². The van der Waals surface area contributed by atoms with Gasteiger partial charge in [-0.25, -0.2) is 4.98 Å². The Balaban J connectivity index is 1.58. The van der Waals surface area contributed by atoms with Crippen molar-refractivity contribution in [2.24, 2.45) is 0 Å². The number of hydrogen-bond acceptors (Lipinski definition) is 5. The maximum atomic E-state index is 8.89. The van der Waals surface area contributed by atoms with Crippen LogP contribution in [0.2, 0.25) is 0 Å². The van der Waals surface area contributed by atoms with Gasteiger partial charge in [-0.05, 0) is 34.7 Å². The highest BCUT2D eigenvalue weighted by atomic mass is 35.5. The summed E-state index contributed by atoms with van der Waals surface area (Å²) < 4.78 is 13.7. The van der Waals surface area contributed by atoms with Gasteiger partial charge in [-0.2, -0.15) is 5.26 Å². The summed E-state index contributed by atoms with van der Waals surface area (Å²) in [4.78, 5) is 4.16. The number of aromatic nitrogens is 2. The van der Waals surface area contributed by atoms with Gasteiger partial charge in [-0.1, -0.05) is 48.9 Å². The Bertz CT molecular complexity index is 1130. The molecule has 4 rings (SSSR count). The van der Waals surface area contributed by atoms with Crippen LogP contribution in [-0.2, 0) is 13.0 Å². The Hall–Kier alpha value is -2.88. The number of hydrogen-bond donors (Lipinski definition) is 1. The Kier molecular flexibility index (Phi) is 5.99. The third-order valence-corrected chi connectivity index (χ3v) is 6.66. The standard InChI is InChI=1S/C23H22Cl2N4O2/c1-15(13-29-10-9-27-22(29)28-14-26)16-7-8-19(30-2)20(11-16)31-23(25)12-17-5-3-4-6-18(17)21(23)24/h3-11,15,21H,12-13H2,1-2H3,(H,27,28)/t15-,21?,23?/m1/s1. The molecule has 0 bridgehead atoms. The summed E-state index contributed by atoms with van der Waals surface area (Å²) in [5.41, 5.74) is 3.10. The molecule has 6 nitrogen and oxygen atoms in total. The molecule has 1 heterocycles. The van der Waals surface area contributed by atoms with Gasteiger partial charge in [0.2, 0.25) is 11.0 Å². The van der Waals surface area contributed by atoms with Crippen molar-refractivity contribution in [3.63, 3.8) is 0 Å². The molecule has 0 fully saturated rings. The summed E-state index contributed by atoms with van der Waals surface area (Å²) in [7, 11) is 1.60. The predicted octanol–water partition coefficient (Wildman–Crippen LogP) is 5.44. The van der Waals surface area contributed by atoms with Crippen molar-refractivity contribution in [2.45, 2.75) is 36.2 Å². The highest BCUT2D eigenvalue weighted by Gasteiger charge is 2.46. The second-order valence-corrected chi connectivity index (χ2v) is 8.65. The number of methoxy groups -OCH3 is 1. The maximum absolute atomic E-state index is 8.89. The molecule has 2 unspecified atom stereocenters. The lowest BCUT2D eigenvalue weighted by atomic mass is 10.0. The molecular weight excluding hydrogens is 435 g/mol. The van der Waals surface area contributed by atoms with E-state index in [0.29, 0.717) is 30.4 Å². The summed E-state index contributed by atoms with van der Waals surface area (Å²) in [6.45, 7) is 2.72. The molecule has 2 aromatic carbocycles. The molecule has 1 aliphatic carbocycles. The predicted molar refractivity (Wildman–Crippen MR) is 121 cm³/mol. The van der Waals surface area contributed by atoms with Crippen molar-refractivity contribution in [1.29, 1.82) is 5.26 Å². The molecule has 0 saturated heterocycles. The normalized spacial score (nSPS) is 20.5. The van der Waals surface area contributed by atoms with E-state index in [1.807, 2.05) is 59.4 Å². The van der Waals surface area contributed by atoms with E-state index < -0.39 is 10.4 Å². The highest BCUT2D eigenvalue weighted by molar-refractivity contribution is 6.32. The van der Waals surface area contributed by atoms with Crippen LogP contribution < -0.4 is 14.8 Å². The van der Waals surface area contributed by atoms with Gasteiger partial charge in [-0.3, -0.25) is 5.32 Å². The van der Waals surface area contributed by atoms with Crippen LogP contribution in [0.4, 0.5) is 5.95 Å². The van der Waals surface area contributed by atoms with E-state index in [2.05, 4.69) is 17.2 Å². The lowest BCUT2D eigenvalue weighted by Gasteiger charge is -2.28. The number of ether oxygens (including phenoxy) is 2. The van der Waals surface area contributed by atoms with E-state index in [9.17, 15) is 0 Å². The van der Waals surface area contributed by atoms with Gasteiger partial charge in [0.25, 0.3) is 0 Å². The van der Waals surface area contributed by atoms with Crippen molar-refractivity contribution < 1.29 is 9.47 Å². The monoisotopic (exact) mass is 456 g/mol. The lowest BCUT2D eigenvalue weighted by molar-refractivity contribution is 0.157. The molecule has 0 saturated carbocycles. The van der Waals surface area contributed by atoms with Gasteiger partial charge in [0.1, 0.15) is 5.38 Å². The molecule has 1 N–H and O–H groups in total. The molecule has 3 aromatic rings. The van der Waals surface area contributed by atoms with Gasteiger partial charge in [0, 0.05) is 25.4 Å². The molecule has 3 atom stereocenters. The molecule has 0 radical (unpaired) electrons. The molecule has 1 aromatic heterocycles. The van der Waals surface area contributed by atoms with Crippen LogP contribution in [0.1, 0.15) is 34.9 Å². The number of nitrogens with one attached hydrogen (secondary N) is 1. The molecule has 160 valence electrons. The largest absolute Gasteiger partial charge is 0.493 e. The minimum Gasteiger partial charge on any atom is -0.493 e. The first kappa shape index (κ1) is 21.4. The number of benzene rings is 2. The number of nitrogens with zero attached hydrogens (tertiary/aromatic N) is 3. The Morgan fingerprint density at radius 2 is 2.13 bits per heavy atom. The number of fused-ring (bicyclic) bond motifs is 1. The number of anilines is 1. The van der Waals surface area contributed by atoms with Gasteiger partial charge >= 0.3 is 0 Å². The first-order valence-electron chi connectivity index (χ1n) is 9.89. The number of nitriles is 1. The first-order valence-corrected chi connectivity index (χ1v) is 10.7.